The van der Waals surface area contributed by atoms with Gasteiger partial charge >= 0.3 is 0 Å². The lowest BCUT2D eigenvalue weighted by molar-refractivity contribution is -0.118. The lowest BCUT2D eigenvalue weighted by atomic mass is 10.2. The minimum atomic E-state index is -0.496. The summed E-state index contributed by atoms with van der Waals surface area (Å²) < 4.78 is 13.3. The molecule has 0 bridgehead atoms. The van der Waals surface area contributed by atoms with Gasteiger partial charge in [-0.05, 0) is 18.2 Å². The number of benzene rings is 1. The molecule has 16 heavy (non-hydrogen) atoms. The molecule has 86 valence electrons. The Balaban J connectivity index is 2.27. The number of hydrogen-bond acceptors (Lipinski definition) is 2. The van der Waals surface area contributed by atoms with E-state index < -0.39 is 5.82 Å². The number of halogens is 2. The number of hydrogen-bond donors (Lipinski definition) is 1. The highest BCUT2D eigenvalue weighted by molar-refractivity contribution is 6.30. The molecule has 0 aliphatic carbocycles. The van der Waals surface area contributed by atoms with E-state index in [-0.39, 0.29) is 10.9 Å². The normalized spacial score (nSPS) is 17.4. The summed E-state index contributed by atoms with van der Waals surface area (Å²) in [5.41, 5.74) is 0.565. The third kappa shape index (κ3) is 2.33. The molecule has 3 nitrogen and oxygen atoms in total. The minimum Gasteiger partial charge on any atom is -0.314 e. The van der Waals surface area contributed by atoms with Gasteiger partial charge in [-0.15, -0.1) is 0 Å². The van der Waals surface area contributed by atoms with Crippen molar-refractivity contribution in [2.24, 2.45) is 0 Å². The fourth-order valence-corrected chi connectivity index (χ4v) is 1.81. The lowest BCUT2D eigenvalue weighted by Crippen LogP contribution is -2.32. The van der Waals surface area contributed by atoms with Gasteiger partial charge in [0.25, 0.3) is 0 Å². The van der Waals surface area contributed by atoms with Crippen molar-refractivity contribution >= 4 is 23.2 Å². The van der Waals surface area contributed by atoms with Crippen molar-refractivity contribution in [2.75, 3.05) is 24.5 Å². The van der Waals surface area contributed by atoms with Crippen LogP contribution in [0.1, 0.15) is 6.42 Å². The van der Waals surface area contributed by atoms with Gasteiger partial charge in [0.15, 0.2) is 0 Å². The first-order valence-corrected chi connectivity index (χ1v) is 5.52. The largest absolute Gasteiger partial charge is 0.314 e. The van der Waals surface area contributed by atoms with Gasteiger partial charge in [-0.25, -0.2) is 4.39 Å². The van der Waals surface area contributed by atoms with Crippen LogP contribution in [0.25, 0.3) is 0 Å². The van der Waals surface area contributed by atoms with E-state index >= 15 is 0 Å². The monoisotopic (exact) mass is 242 g/mol. The molecule has 0 atom stereocenters. The number of carbonyl (C=O) groups excluding carboxylic acids is 1. The highest BCUT2D eigenvalue weighted by Gasteiger charge is 2.18. The van der Waals surface area contributed by atoms with Crippen LogP contribution in [0.15, 0.2) is 18.2 Å². The van der Waals surface area contributed by atoms with Gasteiger partial charge in [-0.1, -0.05) is 11.6 Å². The van der Waals surface area contributed by atoms with Crippen molar-refractivity contribution < 1.29 is 9.18 Å². The summed E-state index contributed by atoms with van der Waals surface area (Å²) in [4.78, 5) is 13.3. The summed E-state index contributed by atoms with van der Waals surface area (Å²) in [5, 5.41) is 3.19. The Morgan fingerprint density at radius 2 is 2.19 bits per heavy atom. The molecule has 1 aromatic rings. The van der Waals surface area contributed by atoms with Crippen LogP contribution in [0.3, 0.4) is 0 Å². The van der Waals surface area contributed by atoms with E-state index in [1.165, 1.54) is 12.1 Å². The maximum Gasteiger partial charge on any atom is 0.228 e. The van der Waals surface area contributed by atoms with E-state index in [2.05, 4.69) is 5.32 Å². The molecule has 1 N–H and O–H groups in total. The van der Waals surface area contributed by atoms with Crippen LogP contribution < -0.4 is 10.2 Å². The Hall–Kier alpha value is -1.13. The second-order valence-electron chi connectivity index (χ2n) is 3.64. The van der Waals surface area contributed by atoms with Crippen LogP contribution in [0.2, 0.25) is 5.02 Å². The molecular formula is C11H12ClFN2O. The van der Waals surface area contributed by atoms with Gasteiger partial charge in [0.1, 0.15) is 5.82 Å². The standard InChI is InChI=1S/C11H12ClFN2O/c12-9-2-1-8(7-10(9)13)15-6-5-14-4-3-11(15)16/h1-2,7,14H,3-6H2. The van der Waals surface area contributed by atoms with E-state index in [4.69, 9.17) is 11.6 Å². The molecule has 1 amide bonds. The number of rotatable bonds is 1. The summed E-state index contributed by atoms with van der Waals surface area (Å²) in [7, 11) is 0. The Labute approximate surface area is 98.2 Å². The molecule has 1 aliphatic rings. The maximum absolute atomic E-state index is 13.3. The smallest absolute Gasteiger partial charge is 0.228 e. The van der Waals surface area contributed by atoms with Gasteiger partial charge in [0.05, 0.1) is 5.02 Å². The highest BCUT2D eigenvalue weighted by Crippen LogP contribution is 2.22. The van der Waals surface area contributed by atoms with Crippen LogP contribution in [0.4, 0.5) is 10.1 Å². The van der Waals surface area contributed by atoms with E-state index in [9.17, 15) is 9.18 Å². The molecule has 1 fully saturated rings. The Bertz CT molecular complexity index is 411. The summed E-state index contributed by atoms with van der Waals surface area (Å²) in [6.45, 7) is 1.95. The fourth-order valence-electron chi connectivity index (χ4n) is 1.70. The van der Waals surface area contributed by atoms with Gasteiger partial charge in [-0.3, -0.25) is 4.79 Å². The predicted octanol–water partition coefficient (Wildman–Crippen LogP) is 1.81. The molecule has 0 spiro atoms. The molecule has 0 saturated carbocycles. The number of anilines is 1. The molecule has 1 saturated heterocycles. The van der Waals surface area contributed by atoms with Crippen molar-refractivity contribution in [1.82, 2.24) is 5.32 Å². The maximum atomic E-state index is 13.3. The SMILES string of the molecule is O=C1CCNCCN1c1ccc(Cl)c(F)c1. The Morgan fingerprint density at radius 1 is 1.38 bits per heavy atom. The zero-order chi connectivity index (χ0) is 11.5. The first-order chi connectivity index (χ1) is 7.68. The average molecular weight is 243 g/mol. The molecule has 0 unspecified atom stereocenters. The highest BCUT2D eigenvalue weighted by atomic mass is 35.5. The third-order valence-corrected chi connectivity index (χ3v) is 2.85. The second kappa shape index (κ2) is 4.80. The zero-order valence-electron chi connectivity index (χ0n) is 8.67. The van der Waals surface area contributed by atoms with Crippen LogP contribution in [0, 0.1) is 5.82 Å². The van der Waals surface area contributed by atoms with Crippen LogP contribution in [-0.2, 0) is 4.79 Å². The quantitative estimate of drug-likeness (QED) is 0.815. The topological polar surface area (TPSA) is 32.3 Å². The van der Waals surface area contributed by atoms with E-state index in [1.807, 2.05) is 0 Å². The van der Waals surface area contributed by atoms with Crippen molar-refractivity contribution in [3.05, 3.63) is 29.0 Å². The number of amides is 1. The van der Waals surface area contributed by atoms with Gasteiger partial charge in [0, 0.05) is 31.7 Å². The van der Waals surface area contributed by atoms with Crippen LogP contribution in [-0.4, -0.2) is 25.5 Å². The van der Waals surface area contributed by atoms with Crippen molar-refractivity contribution in [3.8, 4) is 0 Å². The fraction of sp³-hybridized carbons (Fsp3) is 0.364. The third-order valence-electron chi connectivity index (χ3n) is 2.54. The molecule has 1 aliphatic heterocycles. The summed E-state index contributed by atoms with van der Waals surface area (Å²) in [6.07, 6.45) is 0.435. The van der Waals surface area contributed by atoms with E-state index in [0.717, 1.165) is 6.54 Å². The molecule has 0 aromatic heterocycles. The number of nitrogens with zero attached hydrogens (tertiary/aromatic N) is 1. The first-order valence-electron chi connectivity index (χ1n) is 5.14. The Morgan fingerprint density at radius 3 is 2.94 bits per heavy atom. The average Bonchev–Trinajstić information content (AvgIpc) is 2.47. The predicted molar refractivity (Wildman–Crippen MR) is 61.2 cm³/mol. The first kappa shape index (κ1) is 11.4. The van der Waals surface area contributed by atoms with Gasteiger partial charge in [-0.2, -0.15) is 0 Å². The molecule has 2 rings (SSSR count). The van der Waals surface area contributed by atoms with E-state index in [0.29, 0.717) is 25.2 Å². The van der Waals surface area contributed by atoms with Crippen molar-refractivity contribution in [3.63, 3.8) is 0 Å². The molecule has 5 heteroatoms. The minimum absolute atomic E-state index is 0.00622. The molecule has 0 radical (unpaired) electrons. The molecule has 1 heterocycles. The Kier molecular flexibility index (Phi) is 3.41. The number of carbonyl (C=O) groups is 1. The lowest BCUT2D eigenvalue weighted by Gasteiger charge is -2.20. The van der Waals surface area contributed by atoms with Crippen molar-refractivity contribution in [1.29, 1.82) is 0 Å². The van der Waals surface area contributed by atoms with E-state index in [1.54, 1.807) is 11.0 Å². The zero-order valence-corrected chi connectivity index (χ0v) is 9.43. The summed E-state index contributed by atoms with van der Waals surface area (Å²) in [5.74, 6) is -0.490. The molecular weight excluding hydrogens is 231 g/mol. The molecule has 1 aromatic carbocycles. The summed E-state index contributed by atoms with van der Waals surface area (Å²) >= 11 is 5.60. The van der Waals surface area contributed by atoms with Crippen LogP contribution >= 0.6 is 11.6 Å². The summed E-state index contributed by atoms with van der Waals surface area (Å²) in [6, 6.07) is 4.43. The van der Waals surface area contributed by atoms with Crippen LogP contribution in [0.5, 0.6) is 0 Å². The van der Waals surface area contributed by atoms with Gasteiger partial charge < -0.3 is 10.2 Å². The van der Waals surface area contributed by atoms with Gasteiger partial charge in [0.2, 0.25) is 5.91 Å². The van der Waals surface area contributed by atoms with Crippen molar-refractivity contribution in [2.45, 2.75) is 6.42 Å². The second-order valence-corrected chi connectivity index (χ2v) is 4.05. The number of nitrogens with one attached hydrogen (secondary N) is 1.